The molecule has 0 unspecified atom stereocenters. The Labute approximate surface area is 170 Å². The molecule has 0 aliphatic carbocycles. The van der Waals surface area contributed by atoms with Crippen LogP contribution in [0.4, 0.5) is 5.69 Å². The smallest absolute Gasteiger partial charge is 0.267 e. The van der Waals surface area contributed by atoms with Gasteiger partial charge in [0.05, 0.1) is 21.3 Å². The number of rotatable bonds is 3. The molecule has 0 saturated carbocycles. The lowest BCUT2D eigenvalue weighted by molar-refractivity contribution is 0.435. The van der Waals surface area contributed by atoms with E-state index in [1.54, 1.807) is 54.6 Å². The summed E-state index contributed by atoms with van der Waals surface area (Å²) in [5.74, 6) is -0.0145. The molecule has 0 atom stereocenters. The number of hydrogen-bond acceptors (Lipinski definition) is 4. The van der Waals surface area contributed by atoms with Gasteiger partial charge in [0.25, 0.3) is 5.56 Å². The van der Waals surface area contributed by atoms with Gasteiger partial charge in [0.1, 0.15) is 5.82 Å². The number of halogens is 2. The summed E-state index contributed by atoms with van der Waals surface area (Å²) in [4.78, 5) is 21.5. The van der Waals surface area contributed by atoms with Crippen LogP contribution in [0.15, 0.2) is 76.6 Å². The molecule has 7 heteroatoms. The molecule has 0 aliphatic rings. The number of fused-ring (bicyclic) bond motifs is 1. The highest BCUT2D eigenvalue weighted by molar-refractivity contribution is 6.33. The second kappa shape index (κ2) is 7.46. The summed E-state index contributed by atoms with van der Waals surface area (Å²) in [6.07, 6.45) is 2.90. The normalized spacial score (nSPS) is 11.4. The van der Waals surface area contributed by atoms with Gasteiger partial charge in [0, 0.05) is 23.2 Å². The SMILES string of the molecule is O=c1c2ccccc2c(C=Nc2ccccc2Cl)c(O)n1-c1ccc(Cl)cn1. The second-order valence-electron chi connectivity index (χ2n) is 5.97. The minimum atomic E-state index is -0.391. The zero-order valence-corrected chi connectivity index (χ0v) is 15.9. The molecule has 28 heavy (non-hydrogen) atoms. The number of pyridine rings is 2. The first kappa shape index (κ1) is 18.2. The molecule has 1 N–H and O–H groups in total. The Bertz CT molecular complexity index is 1270. The van der Waals surface area contributed by atoms with Crippen molar-refractivity contribution in [2.45, 2.75) is 0 Å². The van der Waals surface area contributed by atoms with E-state index < -0.39 is 5.56 Å². The summed E-state index contributed by atoms with van der Waals surface area (Å²) < 4.78 is 1.13. The van der Waals surface area contributed by atoms with Crippen LogP contribution in [-0.4, -0.2) is 20.9 Å². The number of nitrogens with zero attached hydrogens (tertiary/aromatic N) is 3. The monoisotopic (exact) mass is 409 g/mol. The molecule has 0 amide bonds. The summed E-state index contributed by atoms with van der Waals surface area (Å²) in [6, 6.07) is 17.3. The standard InChI is InChI=1S/C21H13Cl2N3O2/c22-13-9-10-19(25-11-13)26-20(27)15-6-2-1-5-14(15)16(21(26)28)12-24-18-8-4-3-7-17(18)23/h1-12,28H. The molecule has 138 valence electrons. The van der Waals surface area contributed by atoms with E-state index in [4.69, 9.17) is 23.2 Å². The van der Waals surface area contributed by atoms with Gasteiger partial charge in [-0.3, -0.25) is 9.79 Å². The topological polar surface area (TPSA) is 67.5 Å². The van der Waals surface area contributed by atoms with Crippen molar-refractivity contribution in [1.82, 2.24) is 9.55 Å². The maximum absolute atomic E-state index is 13.0. The zero-order chi connectivity index (χ0) is 19.7. The lowest BCUT2D eigenvalue weighted by atomic mass is 10.1. The largest absolute Gasteiger partial charge is 0.494 e. The average molecular weight is 410 g/mol. The van der Waals surface area contributed by atoms with Crippen molar-refractivity contribution in [1.29, 1.82) is 0 Å². The third-order valence-electron chi connectivity index (χ3n) is 4.23. The van der Waals surface area contributed by atoms with Crippen LogP contribution < -0.4 is 5.56 Å². The Balaban J connectivity index is 1.99. The molecule has 2 aromatic carbocycles. The van der Waals surface area contributed by atoms with Gasteiger partial charge >= 0.3 is 0 Å². The van der Waals surface area contributed by atoms with E-state index in [2.05, 4.69) is 9.98 Å². The summed E-state index contributed by atoms with van der Waals surface area (Å²) >= 11 is 12.1. The molecule has 0 bridgehead atoms. The van der Waals surface area contributed by atoms with E-state index >= 15 is 0 Å². The highest BCUT2D eigenvalue weighted by Gasteiger charge is 2.17. The Morgan fingerprint density at radius 2 is 1.68 bits per heavy atom. The molecule has 0 fully saturated rings. The lowest BCUT2D eigenvalue weighted by Crippen LogP contribution is -2.21. The quantitative estimate of drug-likeness (QED) is 0.475. The van der Waals surface area contributed by atoms with E-state index in [0.29, 0.717) is 32.1 Å². The predicted molar refractivity (Wildman–Crippen MR) is 113 cm³/mol. The van der Waals surface area contributed by atoms with E-state index in [-0.39, 0.29) is 11.7 Å². The van der Waals surface area contributed by atoms with Gasteiger partial charge in [-0.05, 0) is 30.3 Å². The van der Waals surface area contributed by atoms with Crippen molar-refractivity contribution in [3.8, 4) is 11.7 Å². The van der Waals surface area contributed by atoms with Crippen molar-refractivity contribution < 1.29 is 5.11 Å². The number of para-hydroxylation sites is 1. The van der Waals surface area contributed by atoms with Crippen LogP contribution in [0.25, 0.3) is 16.6 Å². The van der Waals surface area contributed by atoms with Gasteiger partial charge in [0.15, 0.2) is 0 Å². The van der Waals surface area contributed by atoms with Gasteiger partial charge < -0.3 is 5.11 Å². The highest BCUT2D eigenvalue weighted by atomic mass is 35.5. The highest BCUT2D eigenvalue weighted by Crippen LogP contribution is 2.28. The van der Waals surface area contributed by atoms with Gasteiger partial charge in [0.2, 0.25) is 5.88 Å². The first-order chi connectivity index (χ1) is 13.6. The fraction of sp³-hybridized carbons (Fsp3) is 0. The summed E-state index contributed by atoms with van der Waals surface area (Å²) in [5, 5.41) is 12.8. The molecule has 0 spiro atoms. The molecule has 4 rings (SSSR count). The molecule has 0 aliphatic heterocycles. The third-order valence-corrected chi connectivity index (χ3v) is 4.77. The van der Waals surface area contributed by atoms with Gasteiger partial charge in [-0.15, -0.1) is 0 Å². The lowest BCUT2D eigenvalue weighted by Gasteiger charge is -2.13. The van der Waals surface area contributed by atoms with Crippen LogP contribution in [0.1, 0.15) is 5.56 Å². The van der Waals surface area contributed by atoms with Crippen LogP contribution in [0.3, 0.4) is 0 Å². The Morgan fingerprint density at radius 3 is 2.39 bits per heavy atom. The minimum Gasteiger partial charge on any atom is -0.494 e. The fourth-order valence-electron chi connectivity index (χ4n) is 2.89. The van der Waals surface area contributed by atoms with Crippen LogP contribution in [0.5, 0.6) is 5.88 Å². The van der Waals surface area contributed by atoms with Crippen LogP contribution in [0.2, 0.25) is 10.0 Å². The summed E-state index contributed by atoms with van der Waals surface area (Å²) in [5.41, 5.74) is 0.541. The van der Waals surface area contributed by atoms with Gasteiger partial charge in [-0.25, -0.2) is 9.55 Å². The van der Waals surface area contributed by atoms with Crippen molar-refractivity contribution in [2.24, 2.45) is 4.99 Å². The van der Waals surface area contributed by atoms with E-state index in [9.17, 15) is 9.90 Å². The summed E-state index contributed by atoms with van der Waals surface area (Å²) in [7, 11) is 0. The molecule has 0 radical (unpaired) electrons. The van der Waals surface area contributed by atoms with Crippen LogP contribution >= 0.6 is 23.2 Å². The molecule has 4 aromatic rings. The maximum Gasteiger partial charge on any atom is 0.267 e. The zero-order valence-electron chi connectivity index (χ0n) is 14.4. The number of aliphatic imine (C=N–C) groups is 1. The predicted octanol–water partition coefficient (Wildman–Crippen LogP) is 5.15. The number of hydrogen-bond donors (Lipinski definition) is 1. The Hall–Kier alpha value is -3.15. The molecule has 2 heterocycles. The molecule has 2 aromatic heterocycles. The van der Waals surface area contributed by atoms with Crippen LogP contribution in [-0.2, 0) is 0 Å². The number of aromatic hydroxyl groups is 1. The molecular weight excluding hydrogens is 397 g/mol. The van der Waals surface area contributed by atoms with Crippen molar-refractivity contribution in [2.75, 3.05) is 0 Å². The number of benzene rings is 2. The fourth-order valence-corrected chi connectivity index (χ4v) is 3.19. The van der Waals surface area contributed by atoms with Gasteiger partial charge in [-0.1, -0.05) is 53.5 Å². The second-order valence-corrected chi connectivity index (χ2v) is 6.81. The van der Waals surface area contributed by atoms with E-state index in [1.807, 2.05) is 6.07 Å². The first-order valence-electron chi connectivity index (χ1n) is 8.33. The molecule has 0 saturated heterocycles. The molecular formula is C21H13Cl2N3O2. The first-order valence-corrected chi connectivity index (χ1v) is 9.09. The van der Waals surface area contributed by atoms with Crippen molar-refractivity contribution in [3.63, 3.8) is 0 Å². The number of aromatic nitrogens is 2. The molecule has 5 nitrogen and oxygen atoms in total. The third kappa shape index (κ3) is 3.26. The minimum absolute atomic E-state index is 0.255. The van der Waals surface area contributed by atoms with E-state index in [0.717, 1.165) is 4.57 Å². The Morgan fingerprint density at radius 1 is 0.964 bits per heavy atom. The maximum atomic E-state index is 13.0. The van der Waals surface area contributed by atoms with Gasteiger partial charge in [-0.2, -0.15) is 0 Å². The van der Waals surface area contributed by atoms with Crippen LogP contribution in [0, 0.1) is 0 Å². The Kier molecular flexibility index (Phi) is 4.86. The van der Waals surface area contributed by atoms with E-state index in [1.165, 1.54) is 12.4 Å². The van der Waals surface area contributed by atoms with Crippen molar-refractivity contribution >= 4 is 45.9 Å². The summed E-state index contributed by atoms with van der Waals surface area (Å²) in [6.45, 7) is 0. The van der Waals surface area contributed by atoms with Crippen molar-refractivity contribution in [3.05, 3.63) is 92.8 Å². The average Bonchev–Trinajstić information content (AvgIpc) is 2.71.